The molecule has 0 aliphatic rings. The third-order valence-corrected chi connectivity index (χ3v) is 4.93. The summed E-state index contributed by atoms with van der Waals surface area (Å²) in [6.45, 7) is 1.81. The summed E-state index contributed by atoms with van der Waals surface area (Å²) in [6.07, 6.45) is 2.06. The Hall–Kier alpha value is -1.44. The first-order chi connectivity index (χ1) is 9.88. The van der Waals surface area contributed by atoms with Crippen LogP contribution in [0.2, 0.25) is 0 Å². The van der Waals surface area contributed by atoms with Gasteiger partial charge in [-0.25, -0.2) is 18.1 Å². The minimum atomic E-state index is -3.70. The summed E-state index contributed by atoms with van der Waals surface area (Å²) in [4.78, 5) is 3.83. The van der Waals surface area contributed by atoms with Crippen LogP contribution in [0.15, 0.2) is 52.0 Å². The Morgan fingerprint density at radius 1 is 1.33 bits per heavy atom. The first-order valence-corrected chi connectivity index (χ1v) is 8.63. The lowest BCUT2D eigenvalue weighted by Crippen LogP contribution is -2.34. The zero-order valence-corrected chi connectivity index (χ0v) is 13.9. The van der Waals surface area contributed by atoms with E-state index in [1.165, 1.54) is 12.3 Å². The Kier molecular flexibility index (Phi) is 4.97. The van der Waals surface area contributed by atoms with E-state index in [4.69, 9.17) is 5.73 Å². The van der Waals surface area contributed by atoms with E-state index in [0.29, 0.717) is 10.9 Å². The van der Waals surface area contributed by atoms with E-state index in [2.05, 4.69) is 25.6 Å². The van der Waals surface area contributed by atoms with Crippen molar-refractivity contribution in [3.05, 3.63) is 52.6 Å². The molecule has 2 aromatic rings. The molecule has 1 unspecified atom stereocenters. The lowest BCUT2D eigenvalue weighted by molar-refractivity contribution is 0.560. The molecule has 2 rings (SSSR count). The van der Waals surface area contributed by atoms with Crippen molar-refractivity contribution >= 4 is 31.8 Å². The number of nitrogens with two attached hydrogens (primary N) is 1. The monoisotopic (exact) mass is 369 g/mol. The predicted molar refractivity (Wildman–Crippen MR) is 86.3 cm³/mol. The van der Waals surface area contributed by atoms with E-state index >= 15 is 0 Å². The lowest BCUT2D eigenvalue weighted by atomic mass is 10.1. The standard InChI is InChI=1S/C14H16BrN3O2S/c1-10(7-11-5-3-2-4-6-11)18-21(19,20)13-8-12(15)9-17-14(13)16/h2-6,8-10,18H,7H2,1H3,(H2,16,17). The molecule has 0 spiro atoms. The highest BCUT2D eigenvalue weighted by atomic mass is 79.9. The number of anilines is 1. The highest BCUT2D eigenvalue weighted by Gasteiger charge is 2.21. The topological polar surface area (TPSA) is 85.1 Å². The molecule has 0 radical (unpaired) electrons. The molecule has 0 saturated carbocycles. The summed E-state index contributed by atoms with van der Waals surface area (Å²) >= 11 is 3.20. The van der Waals surface area contributed by atoms with Crippen LogP contribution in [-0.2, 0) is 16.4 Å². The molecule has 0 amide bonds. The summed E-state index contributed by atoms with van der Waals surface area (Å²) in [5.41, 5.74) is 6.72. The van der Waals surface area contributed by atoms with Crippen LogP contribution in [0.4, 0.5) is 5.82 Å². The summed E-state index contributed by atoms with van der Waals surface area (Å²) in [7, 11) is -3.70. The number of rotatable bonds is 5. The maximum atomic E-state index is 12.4. The van der Waals surface area contributed by atoms with Crippen molar-refractivity contribution in [1.82, 2.24) is 9.71 Å². The van der Waals surface area contributed by atoms with Gasteiger partial charge in [0.1, 0.15) is 10.7 Å². The molecule has 1 atom stereocenters. The second kappa shape index (κ2) is 6.55. The van der Waals surface area contributed by atoms with Crippen molar-refractivity contribution < 1.29 is 8.42 Å². The van der Waals surface area contributed by atoms with Gasteiger partial charge in [0, 0.05) is 16.7 Å². The zero-order valence-electron chi connectivity index (χ0n) is 11.5. The summed E-state index contributed by atoms with van der Waals surface area (Å²) < 4.78 is 27.9. The van der Waals surface area contributed by atoms with Crippen molar-refractivity contribution in [2.75, 3.05) is 5.73 Å². The summed E-state index contributed by atoms with van der Waals surface area (Å²) in [5.74, 6) is -0.0161. The fraction of sp³-hybridized carbons (Fsp3) is 0.214. The van der Waals surface area contributed by atoms with Gasteiger partial charge in [-0.05, 0) is 40.9 Å². The molecule has 0 saturated heterocycles. The van der Waals surface area contributed by atoms with E-state index < -0.39 is 10.0 Å². The SMILES string of the molecule is CC(Cc1ccccc1)NS(=O)(=O)c1cc(Br)cnc1N. The van der Waals surface area contributed by atoms with Crippen LogP contribution in [0, 0.1) is 0 Å². The number of sulfonamides is 1. The molecule has 1 aromatic heterocycles. The van der Waals surface area contributed by atoms with Gasteiger partial charge in [-0.3, -0.25) is 0 Å². The lowest BCUT2D eigenvalue weighted by Gasteiger charge is -2.15. The van der Waals surface area contributed by atoms with Gasteiger partial charge in [-0.2, -0.15) is 0 Å². The van der Waals surface area contributed by atoms with Gasteiger partial charge in [0.25, 0.3) is 0 Å². The molecule has 0 fully saturated rings. The van der Waals surface area contributed by atoms with Crippen LogP contribution in [0.25, 0.3) is 0 Å². The number of nitrogens with zero attached hydrogens (tertiary/aromatic N) is 1. The van der Waals surface area contributed by atoms with Crippen molar-refractivity contribution in [2.24, 2.45) is 0 Å². The number of hydrogen-bond acceptors (Lipinski definition) is 4. The average molecular weight is 370 g/mol. The van der Waals surface area contributed by atoms with Gasteiger partial charge in [0.05, 0.1) is 0 Å². The Balaban J connectivity index is 2.15. The Bertz CT molecular complexity index is 720. The smallest absolute Gasteiger partial charge is 0.244 e. The van der Waals surface area contributed by atoms with E-state index in [0.717, 1.165) is 5.56 Å². The van der Waals surface area contributed by atoms with E-state index in [9.17, 15) is 8.42 Å². The molecule has 0 aliphatic heterocycles. The fourth-order valence-electron chi connectivity index (χ4n) is 1.98. The van der Waals surface area contributed by atoms with Gasteiger partial charge in [-0.1, -0.05) is 30.3 Å². The molecule has 0 aliphatic carbocycles. The van der Waals surface area contributed by atoms with Crippen molar-refractivity contribution in [1.29, 1.82) is 0 Å². The molecular weight excluding hydrogens is 354 g/mol. The minimum Gasteiger partial charge on any atom is -0.383 e. The Morgan fingerprint density at radius 2 is 2.00 bits per heavy atom. The molecule has 5 nitrogen and oxygen atoms in total. The fourth-order valence-corrected chi connectivity index (χ4v) is 3.82. The highest BCUT2D eigenvalue weighted by molar-refractivity contribution is 9.10. The Morgan fingerprint density at radius 3 is 2.67 bits per heavy atom. The zero-order chi connectivity index (χ0) is 15.5. The highest BCUT2D eigenvalue weighted by Crippen LogP contribution is 2.20. The van der Waals surface area contributed by atoms with Gasteiger partial charge >= 0.3 is 0 Å². The largest absolute Gasteiger partial charge is 0.383 e. The van der Waals surface area contributed by atoms with Gasteiger partial charge in [-0.15, -0.1) is 0 Å². The number of benzene rings is 1. The maximum Gasteiger partial charge on any atom is 0.244 e. The van der Waals surface area contributed by atoms with Crippen LogP contribution in [-0.4, -0.2) is 19.4 Å². The number of nitrogen functional groups attached to an aromatic ring is 1. The quantitative estimate of drug-likeness (QED) is 0.846. The van der Waals surface area contributed by atoms with Crippen molar-refractivity contribution in [3.63, 3.8) is 0 Å². The van der Waals surface area contributed by atoms with Gasteiger partial charge in [0.15, 0.2) is 0 Å². The van der Waals surface area contributed by atoms with Gasteiger partial charge in [0.2, 0.25) is 10.0 Å². The normalized spacial score (nSPS) is 13.0. The second-order valence-electron chi connectivity index (χ2n) is 4.75. The third-order valence-electron chi connectivity index (χ3n) is 2.88. The van der Waals surface area contributed by atoms with Crippen LogP contribution in [0.3, 0.4) is 0 Å². The Labute approximate surface area is 132 Å². The van der Waals surface area contributed by atoms with E-state index in [1.54, 1.807) is 0 Å². The van der Waals surface area contributed by atoms with Crippen molar-refractivity contribution in [2.45, 2.75) is 24.3 Å². The van der Waals surface area contributed by atoms with Gasteiger partial charge < -0.3 is 5.73 Å². The molecule has 3 N–H and O–H groups in total. The molecular formula is C14H16BrN3O2S. The van der Waals surface area contributed by atoms with Crippen molar-refractivity contribution in [3.8, 4) is 0 Å². The third kappa shape index (κ3) is 4.26. The van der Waals surface area contributed by atoms with Crippen LogP contribution < -0.4 is 10.5 Å². The molecule has 1 heterocycles. The number of pyridine rings is 1. The number of halogens is 1. The first-order valence-electron chi connectivity index (χ1n) is 6.36. The molecule has 112 valence electrons. The number of nitrogens with one attached hydrogen (secondary N) is 1. The van der Waals surface area contributed by atoms with Crippen LogP contribution in [0.1, 0.15) is 12.5 Å². The molecule has 7 heteroatoms. The second-order valence-corrected chi connectivity index (χ2v) is 7.35. The molecule has 21 heavy (non-hydrogen) atoms. The molecule has 1 aromatic carbocycles. The maximum absolute atomic E-state index is 12.4. The minimum absolute atomic E-state index is 0.0161. The number of hydrogen-bond donors (Lipinski definition) is 2. The summed E-state index contributed by atoms with van der Waals surface area (Å²) in [6, 6.07) is 10.9. The summed E-state index contributed by atoms with van der Waals surface area (Å²) in [5, 5.41) is 0. The first kappa shape index (κ1) is 15.9. The number of aromatic nitrogens is 1. The van der Waals surface area contributed by atoms with E-state index in [1.807, 2.05) is 37.3 Å². The average Bonchev–Trinajstić information content (AvgIpc) is 2.41. The predicted octanol–water partition coefficient (Wildman–Crippen LogP) is 2.34. The van der Waals surface area contributed by atoms with Crippen LogP contribution >= 0.6 is 15.9 Å². The van der Waals surface area contributed by atoms with Crippen LogP contribution in [0.5, 0.6) is 0 Å². The molecule has 0 bridgehead atoms. The van der Waals surface area contributed by atoms with E-state index in [-0.39, 0.29) is 16.8 Å².